The van der Waals surface area contributed by atoms with Crippen LogP contribution in [0.2, 0.25) is 0 Å². The number of hydrogen-bond donors (Lipinski definition) is 0. The predicted molar refractivity (Wildman–Crippen MR) is 52.7 cm³/mol. The molecule has 0 bridgehead atoms. The van der Waals surface area contributed by atoms with Gasteiger partial charge in [-0.05, 0) is 18.9 Å². The summed E-state index contributed by atoms with van der Waals surface area (Å²) in [7, 11) is 0. The first-order valence-electron chi connectivity index (χ1n) is 4.05. The Morgan fingerprint density at radius 2 is 2.42 bits per heavy atom. The van der Waals surface area contributed by atoms with E-state index in [0.29, 0.717) is 0 Å². The van der Waals surface area contributed by atoms with Gasteiger partial charge < -0.3 is 4.57 Å². The molecule has 0 unspecified atom stereocenters. The van der Waals surface area contributed by atoms with Crippen molar-refractivity contribution in [2.75, 3.05) is 0 Å². The monoisotopic (exact) mass is 162 g/mol. The number of aromatic nitrogens is 2. The Hall–Kier alpha value is -1.31. The standard InChI is InChI=1S/C10H14N2/c1-5-8(3)10-7-12(6-2)9(4)11-10/h6-7H,2-3,5H2,1,4H3. The van der Waals surface area contributed by atoms with E-state index < -0.39 is 0 Å². The van der Waals surface area contributed by atoms with Crippen molar-refractivity contribution in [2.24, 2.45) is 0 Å². The summed E-state index contributed by atoms with van der Waals surface area (Å²) >= 11 is 0. The van der Waals surface area contributed by atoms with Crippen LogP contribution in [0.4, 0.5) is 0 Å². The summed E-state index contributed by atoms with van der Waals surface area (Å²) in [6.07, 6.45) is 4.64. The molecule has 0 saturated carbocycles. The molecule has 1 heterocycles. The molecule has 64 valence electrons. The zero-order chi connectivity index (χ0) is 9.14. The van der Waals surface area contributed by atoms with Crippen LogP contribution >= 0.6 is 0 Å². The third-order valence-corrected chi connectivity index (χ3v) is 1.90. The predicted octanol–water partition coefficient (Wildman–Crippen LogP) is 2.72. The highest BCUT2D eigenvalue weighted by atomic mass is 15.0. The third kappa shape index (κ3) is 1.47. The van der Waals surface area contributed by atoms with Crippen molar-refractivity contribution in [3.05, 3.63) is 30.9 Å². The Labute approximate surface area is 73.2 Å². The first-order valence-corrected chi connectivity index (χ1v) is 4.05. The Kier molecular flexibility index (Phi) is 2.48. The van der Waals surface area contributed by atoms with Gasteiger partial charge in [0.15, 0.2) is 0 Å². The second kappa shape index (κ2) is 3.39. The third-order valence-electron chi connectivity index (χ3n) is 1.90. The maximum atomic E-state index is 4.34. The van der Waals surface area contributed by atoms with Gasteiger partial charge in [-0.3, -0.25) is 0 Å². The van der Waals surface area contributed by atoms with Crippen LogP contribution < -0.4 is 0 Å². The second-order valence-corrected chi connectivity index (χ2v) is 2.72. The topological polar surface area (TPSA) is 17.8 Å². The Balaban J connectivity index is 3.04. The molecule has 0 aliphatic carbocycles. The fourth-order valence-electron chi connectivity index (χ4n) is 1.02. The maximum absolute atomic E-state index is 4.34. The number of imidazole rings is 1. The smallest absolute Gasteiger partial charge is 0.110 e. The average molecular weight is 162 g/mol. The second-order valence-electron chi connectivity index (χ2n) is 2.72. The SMILES string of the molecule is C=Cn1cc(C(=C)CC)nc1C. The van der Waals surface area contributed by atoms with Crippen molar-refractivity contribution in [1.82, 2.24) is 9.55 Å². The van der Waals surface area contributed by atoms with Crippen LogP contribution in [0.1, 0.15) is 24.9 Å². The summed E-state index contributed by atoms with van der Waals surface area (Å²) in [5.41, 5.74) is 2.04. The Morgan fingerprint density at radius 1 is 1.75 bits per heavy atom. The van der Waals surface area contributed by atoms with Gasteiger partial charge in [-0.1, -0.05) is 20.1 Å². The van der Waals surface area contributed by atoms with Gasteiger partial charge in [-0.25, -0.2) is 4.98 Å². The number of aryl methyl sites for hydroxylation is 1. The molecule has 0 spiro atoms. The molecule has 2 nitrogen and oxygen atoms in total. The minimum atomic E-state index is 0.938. The van der Waals surface area contributed by atoms with E-state index >= 15 is 0 Å². The van der Waals surface area contributed by atoms with Crippen LogP contribution in [0.15, 0.2) is 19.4 Å². The van der Waals surface area contributed by atoms with E-state index in [1.165, 1.54) is 0 Å². The van der Waals surface area contributed by atoms with Gasteiger partial charge in [0.1, 0.15) is 5.82 Å². The first kappa shape index (κ1) is 8.78. The van der Waals surface area contributed by atoms with Gasteiger partial charge in [0.05, 0.1) is 5.69 Å². The van der Waals surface area contributed by atoms with Gasteiger partial charge >= 0.3 is 0 Å². The molecular weight excluding hydrogens is 148 g/mol. The zero-order valence-electron chi connectivity index (χ0n) is 7.67. The molecule has 0 aliphatic rings. The number of allylic oxidation sites excluding steroid dienone is 1. The maximum Gasteiger partial charge on any atom is 0.110 e. The lowest BCUT2D eigenvalue weighted by atomic mass is 10.2. The van der Waals surface area contributed by atoms with Crippen LogP contribution in [0.3, 0.4) is 0 Å². The van der Waals surface area contributed by atoms with Crippen molar-refractivity contribution in [3.63, 3.8) is 0 Å². The van der Waals surface area contributed by atoms with E-state index in [2.05, 4.69) is 25.1 Å². The lowest BCUT2D eigenvalue weighted by molar-refractivity contribution is 1.03. The summed E-state index contributed by atoms with van der Waals surface area (Å²) in [4.78, 5) is 4.34. The summed E-state index contributed by atoms with van der Waals surface area (Å²) < 4.78 is 1.90. The van der Waals surface area contributed by atoms with Gasteiger partial charge in [-0.2, -0.15) is 0 Å². The van der Waals surface area contributed by atoms with Crippen LogP contribution in [-0.2, 0) is 0 Å². The average Bonchev–Trinajstić information content (AvgIpc) is 2.45. The Bertz CT molecular complexity index is 308. The fourth-order valence-corrected chi connectivity index (χ4v) is 1.02. The molecular formula is C10H14N2. The molecule has 2 heteroatoms. The number of hydrogen-bond acceptors (Lipinski definition) is 1. The summed E-state index contributed by atoms with van der Waals surface area (Å²) in [6, 6.07) is 0. The van der Waals surface area contributed by atoms with Crippen LogP contribution in [-0.4, -0.2) is 9.55 Å². The van der Waals surface area contributed by atoms with Crippen molar-refractivity contribution in [2.45, 2.75) is 20.3 Å². The quantitative estimate of drug-likeness (QED) is 0.668. The van der Waals surface area contributed by atoms with E-state index in [1.807, 2.05) is 17.7 Å². The summed E-state index contributed by atoms with van der Waals surface area (Å²) in [5.74, 6) is 0.953. The van der Waals surface area contributed by atoms with E-state index in [9.17, 15) is 0 Å². The van der Waals surface area contributed by atoms with Gasteiger partial charge in [-0.15, -0.1) is 0 Å². The summed E-state index contributed by atoms with van der Waals surface area (Å²) in [5, 5.41) is 0. The fraction of sp³-hybridized carbons (Fsp3) is 0.300. The van der Waals surface area contributed by atoms with Gasteiger partial charge in [0.25, 0.3) is 0 Å². The van der Waals surface area contributed by atoms with Crippen LogP contribution in [0.5, 0.6) is 0 Å². The highest BCUT2D eigenvalue weighted by molar-refractivity contribution is 5.59. The molecule has 0 fully saturated rings. The molecule has 1 aromatic heterocycles. The molecule has 1 rings (SSSR count). The molecule has 12 heavy (non-hydrogen) atoms. The number of rotatable bonds is 3. The lowest BCUT2D eigenvalue weighted by Gasteiger charge is -1.93. The highest BCUT2D eigenvalue weighted by Gasteiger charge is 2.02. The van der Waals surface area contributed by atoms with Crippen molar-refractivity contribution in [3.8, 4) is 0 Å². The highest BCUT2D eigenvalue weighted by Crippen LogP contribution is 2.14. The molecule has 0 radical (unpaired) electrons. The number of nitrogens with zero attached hydrogens (tertiary/aromatic N) is 2. The van der Waals surface area contributed by atoms with Gasteiger partial charge in [0, 0.05) is 12.4 Å². The summed E-state index contributed by atoms with van der Waals surface area (Å²) in [6.45, 7) is 11.6. The lowest BCUT2D eigenvalue weighted by Crippen LogP contribution is -1.84. The van der Waals surface area contributed by atoms with E-state index in [-0.39, 0.29) is 0 Å². The minimum absolute atomic E-state index is 0.938. The van der Waals surface area contributed by atoms with Crippen molar-refractivity contribution in [1.29, 1.82) is 0 Å². The largest absolute Gasteiger partial charge is 0.311 e. The van der Waals surface area contributed by atoms with E-state index in [1.54, 1.807) is 6.20 Å². The van der Waals surface area contributed by atoms with E-state index in [0.717, 1.165) is 23.5 Å². The van der Waals surface area contributed by atoms with Crippen molar-refractivity contribution >= 4 is 11.8 Å². The normalized spacial score (nSPS) is 9.83. The Morgan fingerprint density at radius 3 is 2.83 bits per heavy atom. The zero-order valence-corrected chi connectivity index (χ0v) is 7.67. The minimum Gasteiger partial charge on any atom is -0.311 e. The molecule has 0 aliphatic heterocycles. The van der Waals surface area contributed by atoms with Crippen molar-refractivity contribution < 1.29 is 0 Å². The molecule has 0 amide bonds. The molecule has 0 atom stereocenters. The van der Waals surface area contributed by atoms with Crippen LogP contribution in [0.25, 0.3) is 11.8 Å². The van der Waals surface area contributed by atoms with E-state index in [4.69, 9.17) is 0 Å². The molecule has 0 aromatic carbocycles. The molecule has 0 saturated heterocycles. The first-order chi connectivity index (χ1) is 5.69. The molecule has 1 aromatic rings. The van der Waals surface area contributed by atoms with Crippen LogP contribution in [0, 0.1) is 6.92 Å². The molecule has 0 N–H and O–H groups in total. The van der Waals surface area contributed by atoms with Gasteiger partial charge in [0.2, 0.25) is 0 Å².